The summed E-state index contributed by atoms with van der Waals surface area (Å²) < 4.78 is 22.2. The minimum absolute atomic E-state index is 1.00. The maximum Gasteiger partial charge on any atom is 0.340 e. The maximum absolute atomic E-state index is 11.1. The first-order valence-corrected chi connectivity index (χ1v) is 1.85. The number of carbonyl (C=O) groups is 1. The Hall–Kier alpha value is -0.870. The number of amides is 2. The van der Waals surface area contributed by atoms with Gasteiger partial charge in [-0.05, 0) is 0 Å². The van der Waals surface area contributed by atoms with E-state index in [1.165, 1.54) is 5.32 Å². The highest BCUT2D eigenvalue weighted by molar-refractivity contribution is 5.73. The molecule has 0 aromatic rings. The van der Waals surface area contributed by atoms with Crippen molar-refractivity contribution in [3.8, 4) is 0 Å². The molecule has 0 aromatic heterocycles. The van der Waals surface area contributed by atoms with Crippen LogP contribution in [-0.4, -0.2) is 19.6 Å². The van der Waals surface area contributed by atoms with E-state index in [2.05, 4.69) is 5.32 Å². The minimum atomic E-state index is -2.81. The Morgan fingerprint density at radius 1 is 1.75 bits per heavy atom. The summed E-state index contributed by atoms with van der Waals surface area (Å²) in [5, 5.41) is 4.15. The van der Waals surface area contributed by atoms with E-state index < -0.39 is 12.6 Å². The van der Waals surface area contributed by atoms with Crippen LogP contribution in [-0.2, 0) is 0 Å². The summed E-state index contributed by atoms with van der Waals surface area (Å²) in [7, 11) is 1.14. The van der Waals surface area contributed by atoms with E-state index in [1.54, 1.807) is 0 Å². The fourth-order valence-corrected chi connectivity index (χ4v) is 0.158. The molecule has 0 heterocycles. The van der Waals surface area contributed by atoms with Crippen LogP contribution in [0.4, 0.5) is 13.6 Å². The third-order valence-corrected chi connectivity index (χ3v) is 0.436. The Balaban J connectivity index is 3.25. The molecule has 0 aliphatic heterocycles. The average molecular weight is 123 g/mol. The molecular weight excluding hydrogens is 118 g/mol. The summed E-state index contributed by atoms with van der Waals surface area (Å²) in [5.41, 5.74) is 0. The van der Waals surface area contributed by atoms with E-state index in [-0.39, 0.29) is 0 Å². The number of hydrogen-bond donors (Lipinski definition) is 1. The average Bonchev–Trinajstić information content (AvgIpc) is 1.65. The number of alkyl halides is 2. The zero-order valence-electron chi connectivity index (χ0n) is 4.19. The van der Waals surface area contributed by atoms with Gasteiger partial charge in [0.05, 0.1) is 0 Å². The lowest BCUT2D eigenvalue weighted by Crippen LogP contribution is -2.32. The van der Waals surface area contributed by atoms with Gasteiger partial charge in [-0.15, -0.1) is 0 Å². The molecule has 0 spiro atoms. The van der Waals surface area contributed by atoms with Crippen LogP contribution in [0.5, 0.6) is 0 Å². The Morgan fingerprint density at radius 2 is 2.25 bits per heavy atom. The lowest BCUT2D eigenvalue weighted by molar-refractivity contribution is 0.116. The van der Waals surface area contributed by atoms with Crippen LogP contribution >= 0.6 is 0 Å². The Morgan fingerprint density at radius 3 is 2.38 bits per heavy atom. The Labute approximate surface area is 45.1 Å². The summed E-state index contributed by atoms with van der Waals surface area (Å²) in [6.07, 6.45) is 0. The molecule has 0 atom stereocenters. The molecule has 8 heavy (non-hydrogen) atoms. The number of hydrogen-bond acceptors (Lipinski definition) is 1. The predicted octanol–water partition coefficient (Wildman–Crippen LogP) is 0.153. The van der Waals surface area contributed by atoms with Gasteiger partial charge >= 0.3 is 12.6 Å². The fraction of sp³-hybridized carbons (Fsp3) is 0.667. The molecule has 0 saturated heterocycles. The van der Waals surface area contributed by atoms with Crippen molar-refractivity contribution in [2.75, 3.05) is 7.05 Å². The third kappa shape index (κ3) is 3.32. The second kappa shape index (κ2) is 3.17. The van der Waals surface area contributed by atoms with E-state index in [9.17, 15) is 13.6 Å². The standard InChI is InChI=1S/C3H5F2N2O/c1-6-3(8)7-2(4)5/h2H,1H3,(H,7,8). The van der Waals surface area contributed by atoms with Gasteiger partial charge in [0.15, 0.2) is 0 Å². The number of urea groups is 1. The lowest BCUT2D eigenvalue weighted by atomic mass is 10.9. The highest BCUT2D eigenvalue weighted by Gasteiger charge is 2.04. The van der Waals surface area contributed by atoms with Crippen LogP contribution in [0.2, 0.25) is 0 Å². The highest BCUT2D eigenvalue weighted by Crippen LogP contribution is 1.82. The fourth-order valence-electron chi connectivity index (χ4n) is 0.158. The van der Waals surface area contributed by atoms with Crippen molar-refractivity contribution in [2.45, 2.75) is 6.55 Å². The number of nitrogens with zero attached hydrogens (tertiary/aromatic N) is 1. The quantitative estimate of drug-likeness (QED) is 0.495. The van der Waals surface area contributed by atoms with Crippen molar-refractivity contribution < 1.29 is 13.6 Å². The Bertz CT molecular complexity index is 85.4. The van der Waals surface area contributed by atoms with Gasteiger partial charge in [-0.25, -0.2) is 10.1 Å². The molecule has 3 nitrogen and oxygen atoms in total. The number of rotatable bonds is 1. The summed E-state index contributed by atoms with van der Waals surface area (Å²) in [4.78, 5) is 9.86. The molecule has 2 amide bonds. The van der Waals surface area contributed by atoms with E-state index in [4.69, 9.17) is 0 Å². The summed E-state index contributed by atoms with van der Waals surface area (Å²) in [6.45, 7) is -2.81. The number of halogens is 2. The normalized spacial score (nSPS) is 9.00. The van der Waals surface area contributed by atoms with Crippen LogP contribution in [0.1, 0.15) is 0 Å². The van der Waals surface area contributed by atoms with Crippen LogP contribution in [0.3, 0.4) is 0 Å². The monoisotopic (exact) mass is 123 g/mol. The van der Waals surface area contributed by atoms with Gasteiger partial charge in [0.25, 0.3) is 0 Å². The number of nitrogens with one attached hydrogen (secondary N) is 1. The molecule has 47 valence electrons. The summed E-state index contributed by atoms with van der Waals surface area (Å²) >= 11 is 0. The minimum Gasteiger partial charge on any atom is -0.280 e. The van der Waals surface area contributed by atoms with Crippen LogP contribution < -0.4 is 10.6 Å². The van der Waals surface area contributed by atoms with Crippen LogP contribution in [0, 0.1) is 0 Å². The second-order valence-electron chi connectivity index (χ2n) is 0.974. The van der Waals surface area contributed by atoms with E-state index in [0.717, 1.165) is 7.05 Å². The summed E-state index contributed by atoms with van der Waals surface area (Å²) in [6, 6.07) is -1.00. The topological polar surface area (TPSA) is 43.2 Å². The third-order valence-electron chi connectivity index (χ3n) is 0.436. The van der Waals surface area contributed by atoms with Crippen LogP contribution in [0.15, 0.2) is 0 Å². The van der Waals surface area contributed by atoms with Crippen molar-refractivity contribution >= 4 is 6.03 Å². The molecule has 0 unspecified atom stereocenters. The Kier molecular flexibility index (Phi) is 2.83. The first kappa shape index (κ1) is 7.13. The lowest BCUT2D eigenvalue weighted by Gasteiger charge is -1.97. The molecule has 5 heteroatoms. The van der Waals surface area contributed by atoms with Crippen LogP contribution in [0.25, 0.3) is 0 Å². The zero-order valence-corrected chi connectivity index (χ0v) is 4.19. The van der Waals surface area contributed by atoms with E-state index >= 15 is 0 Å². The molecule has 0 saturated carbocycles. The molecule has 0 rings (SSSR count). The summed E-state index contributed by atoms with van der Waals surface area (Å²) in [5.74, 6) is 0. The molecule has 1 radical (unpaired) electrons. The first-order chi connectivity index (χ1) is 3.66. The van der Waals surface area contributed by atoms with Gasteiger partial charge in [0, 0.05) is 7.05 Å². The van der Waals surface area contributed by atoms with Gasteiger partial charge in [0.1, 0.15) is 0 Å². The zero-order chi connectivity index (χ0) is 6.57. The molecule has 1 N–H and O–H groups in total. The SMILES string of the molecule is C[N]C(=O)NC(F)F. The van der Waals surface area contributed by atoms with Gasteiger partial charge in [-0.1, -0.05) is 0 Å². The van der Waals surface area contributed by atoms with E-state index in [0.29, 0.717) is 0 Å². The first-order valence-electron chi connectivity index (χ1n) is 1.85. The predicted molar refractivity (Wildman–Crippen MR) is 22.6 cm³/mol. The van der Waals surface area contributed by atoms with Gasteiger partial charge in [0.2, 0.25) is 0 Å². The molecule has 0 fully saturated rings. The van der Waals surface area contributed by atoms with Crippen molar-refractivity contribution in [2.24, 2.45) is 0 Å². The van der Waals surface area contributed by atoms with Gasteiger partial charge in [-0.3, -0.25) is 5.32 Å². The van der Waals surface area contributed by atoms with Crippen molar-refractivity contribution in [3.63, 3.8) is 0 Å². The van der Waals surface area contributed by atoms with Gasteiger partial charge < -0.3 is 0 Å². The second-order valence-corrected chi connectivity index (χ2v) is 0.974. The largest absolute Gasteiger partial charge is 0.340 e. The molecule has 0 bridgehead atoms. The van der Waals surface area contributed by atoms with Gasteiger partial charge in [-0.2, -0.15) is 8.78 Å². The molecule has 0 aromatic carbocycles. The smallest absolute Gasteiger partial charge is 0.280 e. The number of carbonyl (C=O) groups excluding carboxylic acids is 1. The molecular formula is C3H5F2N2O. The maximum atomic E-state index is 11.1. The van der Waals surface area contributed by atoms with Crippen molar-refractivity contribution in [3.05, 3.63) is 0 Å². The molecule has 0 aliphatic rings. The van der Waals surface area contributed by atoms with Crippen molar-refractivity contribution in [1.29, 1.82) is 0 Å². The highest BCUT2D eigenvalue weighted by atomic mass is 19.3. The molecule has 0 aliphatic carbocycles. The van der Waals surface area contributed by atoms with Crippen molar-refractivity contribution in [1.82, 2.24) is 10.6 Å². The van der Waals surface area contributed by atoms with E-state index in [1.807, 2.05) is 0 Å².